The zero-order chi connectivity index (χ0) is 11.7. The second-order valence-corrected chi connectivity index (χ2v) is 3.96. The number of carbonyl (C=O) groups excluding carboxylic acids is 1. The van der Waals surface area contributed by atoms with Crippen molar-refractivity contribution in [1.82, 2.24) is 9.78 Å². The van der Waals surface area contributed by atoms with Gasteiger partial charge in [0.15, 0.2) is 5.82 Å². The molecule has 0 radical (unpaired) electrons. The Bertz CT molecular complexity index is 382. The van der Waals surface area contributed by atoms with E-state index < -0.39 is 0 Å². The van der Waals surface area contributed by atoms with Crippen LogP contribution in [-0.4, -0.2) is 35.1 Å². The molecule has 2 heterocycles. The third kappa shape index (κ3) is 1.88. The van der Waals surface area contributed by atoms with Gasteiger partial charge in [0.25, 0.3) is 0 Å². The van der Waals surface area contributed by atoms with Gasteiger partial charge in [-0.05, 0) is 19.9 Å². The van der Waals surface area contributed by atoms with Crippen LogP contribution in [0.15, 0.2) is 6.07 Å². The molecule has 0 bridgehead atoms. The Morgan fingerprint density at radius 2 is 2.44 bits per heavy atom. The van der Waals surface area contributed by atoms with E-state index in [1.165, 1.54) is 0 Å². The van der Waals surface area contributed by atoms with Crippen molar-refractivity contribution in [2.75, 3.05) is 18.0 Å². The monoisotopic (exact) mass is 224 g/mol. The molecule has 1 saturated heterocycles. The van der Waals surface area contributed by atoms with Crippen molar-refractivity contribution in [3.8, 4) is 0 Å². The number of anilines is 1. The quantitative estimate of drug-likeness (QED) is 0.806. The number of carbonyl (C=O) groups is 1. The minimum absolute atomic E-state index is 0.111. The fourth-order valence-electron chi connectivity index (χ4n) is 1.72. The van der Waals surface area contributed by atoms with Gasteiger partial charge in [0.1, 0.15) is 6.10 Å². The summed E-state index contributed by atoms with van der Waals surface area (Å²) in [5.41, 5.74) is 6.44. The Hall–Kier alpha value is -1.56. The predicted molar refractivity (Wildman–Crippen MR) is 59.2 cm³/mol. The highest BCUT2D eigenvalue weighted by Gasteiger charge is 2.33. The molecule has 1 atom stereocenters. The smallest absolute Gasteiger partial charge is 0.416 e. The van der Waals surface area contributed by atoms with Gasteiger partial charge in [0, 0.05) is 18.8 Å². The highest BCUT2D eigenvalue weighted by Crippen LogP contribution is 2.21. The van der Waals surface area contributed by atoms with Crippen LogP contribution in [0, 0.1) is 6.92 Å². The largest absolute Gasteiger partial charge is 0.444 e. The van der Waals surface area contributed by atoms with Crippen LogP contribution >= 0.6 is 0 Å². The number of aromatic nitrogens is 2. The number of ether oxygens (including phenoxy) is 1. The minimum Gasteiger partial charge on any atom is -0.444 e. The van der Waals surface area contributed by atoms with Gasteiger partial charge in [-0.15, -0.1) is 0 Å². The summed E-state index contributed by atoms with van der Waals surface area (Å²) in [6.45, 7) is 2.99. The topological polar surface area (TPSA) is 73.4 Å². The van der Waals surface area contributed by atoms with Crippen molar-refractivity contribution in [2.45, 2.75) is 19.4 Å². The van der Waals surface area contributed by atoms with E-state index in [1.54, 1.807) is 9.58 Å². The van der Waals surface area contributed by atoms with Crippen molar-refractivity contribution in [3.63, 3.8) is 0 Å². The van der Waals surface area contributed by atoms with E-state index in [0.717, 1.165) is 5.69 Å². The Balaban J connectivity index is 2.13. The molecule has 1 amide bonds. The van der Waals surface area contributed by atoms with Gasteiger partial charge in [0.2, 0.25) is 0 Å². The van der Waals surface area contributed by atoms with Crippen molar-refractivity contribution in [1.29, 1.82) is 0 Å². The molecule has 2 N–H and O–H groups in total. The molecular formula is C10H16N4O2. The molecule has 2 rings (SSSR count). The molecule has 1 aromatic heterocycles. The maximum absolute atomic E-state index is 11.6. The normalized spacial score (nSPS) is 20.3. The van der Waals surface area contributed by atoms with Crippen LogP contribution in [0.2, 0.25) is 0 Å². The highest BCUT2D eigenvalue weighted by molar-refractivity contribution is 5.88. The molecule has 0 saturated carbocycles. The Kier molecular flexibility index (Phi) is 2.82. The number of hydrogen-bond donors (Lipinski definition) is 1. The van der Waals surface area contributed by atoms with Crippen LogP contribution in [0.3, 0.4) is 0 Å². The van der Waals surface area contributed by atoms with E-state index in [1.807, 2.05) is 20.0 Å². The number of rotatable bonds is 3. The third-order valence-corrected chi connectivity index (χ3v) is 2.74. The first kappa shape index (κ1) is 10.9. The van der Waals surface area contributed by atoms with E-state index >= 15 is 0 Å². The zero-order valence-corrected chi connectivity index (χ0v) is 9.51. The summed E-state index contributed by atoms with van der Waals surface area (Å²) in [6.07, 6.45) is 0.241. The SMILES string of the molecule is Cc1cc(N2CC(CCN)OC2=O)nn1C. The molecule has 0 spiro atoms. The molecule has 1 aromatic rings. The van der Waals surface area contributed by atoms with E-state index in [4.69, 9.17) is 10.5 Å². The summed E-state index contributed by atoms with van der Waals surface area (Å²) in [6, 6.07) is 1.87. The lowest BCUT2D eigenvalue weighted by Gasteiger charge is -2.08. The first-order valence-corrected chi connectivity index (χ1v) is 5.30. The second kappa shape index (κ2) is 4.13. The first-order valence-electron chi connectivity index (χ1n) is 5.30. The summed E-state index contributed by atoms with van der Waals surface area (Å²) in [7, 11) is 1.84. The molecule has 16 heavy (non-hydrogen) atoms. The summed E-state index contributed by atoms with van der Waals surface area (Å²) < 4.78 is 6.91. The summed E-state index contributed by atoms with van der Waals surface area (Å²) in [5.74, 6) is 0.643. The summed E-state index contributed by atoms with van der Waals surface area (Å²) >= 11 is 0. The van der Waals surface area contributed by atoms with Gasteiger partial charge in [-0.3, -0.25) is 9.58 Å². The standard InChI is InChI=1S/C10H16N4O2/c1-7-5-9(12-13(7)2)14-6-8(3-4-11)16-10(14)15/h5,8H,3-4,6,11H2,1-2H3. The lowest BCUT2D eigenvalue weighted by atomic mass is 10.2. The van der Waals surface area contributed by atoms with Gasteiger partial charge < -0.3 is 10.5 Å². The summed E-state index contributed by atoms with van der Waals surface area (Å²) in [4.78, 5) is 13.1. The van der Waals surface area contributed by atoms with Crippen molar-refractivity contribution in [3.05, 3.63) is 11.8 Å². The number of cyclic esters (lactones) is 1. The second-order valence-electron chi connectivity index (χ2n) is 3.96. The van der Waals surface area contributed by atoms with E-state index in [2.05, 4.69) is 5.10 Å². The first-order chi connectivity index (χ1) is 7.61. The van der Waals surface area contributed by atoms with Crippen LogP contribution in [0.25, 0.3) is 0 Å². The van der Waals surface area contributed by atoms with Gasteiger partial charge in [-0.2, -0.15) is 5.10 Å². The van der Waals surface area contributed by atoms with Gasteiger partial charge in [-0.1, -0.05) is 0 Å². The van der Waals surface area contributed by atoms with Crippen LogP contribution in [0.5, 0.6) is 0 Å². The van der Waals surface area contributed by atoms with Crippen molar-refractivity contribution in [2.24, 2.45) is 12.8 Å². The van der Waals surface area contributed by atoms with E-state index in [-0.39, 0.29) is 12.2 Å². The van der Waals surface area contributed by atoms with Gasteiger partial charge in [0.05, 0.1) is 6.54 Å². The van der Waals surface area contributed by atoms with E-state index in [0.29, 0.717) is 25.3 Å². The predicted octanol–water partition coefficient (Wildman–Crippen LogP) is 0.403. The number of aryl methyl sites for hydroxylation is 2. The maximum atomic E-state index is 11.6. The number of nitrogens with two attached hydrogens (primary N) is 1. The highest BCUT2D eigenvalue weighted by atomic mass is 16.6. The molecule has 1 fully saturated rings. The molecule has 0 aromatic carbocycles. The minimum atomic E-state index is -0.337. The average molecular weight is 224 g/mol. The number of hydrogen-bond acceptors (Lipinski definition) is 4. The molecule has 88 valence electrons. The number of nitrogens with zero attached hydrogens (tertiary/aromatic N) is 3. The molecule has 1 aliphatic rings. The third-order valence-electron chi connectivity index (χ3n) is 2.74. The van der Waals surface area contributed by atoms with Crippen molar-refractivity contribution >= 4 is 11.9 Å². The Morgan fingerprint density at radius 1 is 1.69 bits per heavy atom. The molecule has 6 heteroatoms. The Morgan fingerprint density at radius 3 is 3.00 bits per heavy atom. The van der Waals surface area contributed by atoms with Crippen molar-refractivity contribution < 1.29 is 9.53 Å². The molecule has 1 unspecified atom stereocenters. The molecule has 0 aliphatic carbocycles. The molecule has 6 nitrogen and oxygen atoms in total. The molecule has 1 aliphatic heterocycles. The van der Waals surface area contributed by atoms with E-state index in [9.17, 15) is 4.79 Å². The lowest BCUT2D eigenvalue weighted by Crippen LogP contribution is -2.25. The number of amides is 1. The molecular weight excluding hydrogens is 208 g/mol. The van der Waals surface area contributed by atoms with Crippen LogP contribution in [0.4, 0.5) is 10.6 Å². The fourth-order valence-corrected chi connectivity index (χ4v) is 1.72. The fraction of sp³-hybridized carbons (Fsp3) is 0.600. The zero-order valence-electron chi connectivity index (χ0n) is 9.51. The summed E-state index contributed by atoms with van der Waals surface area (Å²) in [5, 5.41) is 4.25. The average Bonchev–Trinajstić information content (AvgIpc) is 2.73. The van der Waals surface area contributed by atoms with Crippen LogP contribution in [-0.2, 0) is 11.8 Å². The van der Waals surface area contributed by atoms with Crippen LogP contribution < -0.4 is 10.6 Å². The van der Waals surface area contributed by atoms with Gasteiger partial charge in [-0.25, -0.2) is 4.79 Å². The lowest BCUT2D eigenvalue weighted by molar-refractivity contribution is 0.138. The Labute approximate surface area is 94.0 Å². The van der Waals surface area contributed by atoms with Gasteiger partial charge >= 0.3 is 6.09 Å². The maximum Gasteiger partial charge on any atom is 0.416 e. The van der Waals surface area contributed by atoms with Crippen LogP contribution in [0.1, 0.15) is 12.1 Å².